The summed E-state index contributed by atoms with van der Waals surface area (Å²) in [6.07, 6.45) is -0.566. The van der Waals surface area contributed by atoms with Crippen LogP contribution in [0.1, 0.15) is 40.8 Å². The second kappa shape index (κ2) is 4.33. The molecular weight excluding hydrogens is 186 g/mol. The first kappa shape index (κ1) is 12.2. The highest BCUT2D eigenvalue weighted by Crippen LogP contribution is 2.28. The Bertz CT molecular complexity index is 343. The van der Waals surface area contributed by atoms with Crippen molar-refractivity contribution < 1.29 is 5.11 Å². The van der Waals surface area contributed by atoms with Crippen LogP contribution in [-0.4, -0.2) is 11.1 Å². The van der Waals surface area contributed by atoms with Gasteiger partial charge in [0.1, 0.15) is 0 Å². The quantitative estimate of drug-likeness (QED) is 0.781. The molecule has 0 unspecified atom stereocenters. The number of hydrogen-bond acceptors (Lipinski definition) is 2. The van der Waals surface area contributed by atoms with E-state index in [0.29, 0.717) is 0 Å². The highest BCUT2D eigenvalue weighted by atomic mass is 16.3. The molecule has 1 aromatic carbocycles. The summed E-state index contributed by atoms with van der Waals surface area (Å²) in [5, 5.41) is 10.1. The summed E-state index contributed by atoms with van der Waals surface area (Å²) >= 11 is 0. The van der Waals surface area contributed by atoms with Gasteiger partial charge in [-0.25, -0.2) is 0 Å². The molecule has 15 heavy (non-hydrogen) atoms. The van der Waals surface area contributed by atoms with Crippen molar-refractivity contribution in [3.63, 3.8) is 0 Å². The standard InChI is InChI=1S/C13H21NO/c1-7-6-8(2)10(4)12(9(7)3)13(15)11(5)14/h6,11,13,15H,14H2,1-5H3/t11-,13-/m1/s1. The highest BCUT2D eigenvalue weighted by molar-refractivity contribution is 5.45. The number of nitrogens with two attached hydrogens (primary N) is 1. The van der Waals surface area contributed by atoms with Crippen LogP contribution in [0.4, 0.5) is 0 Å². The van der Waals surface area contributed by atoms with E-state index in [4.69, 9.17) is 5.73 Å². The van der Waals surface area contributed by atoms with Crippen molar-refractivity contribution >= 4 is 0 Å². The van der Waals surface area contributed by atoms with Crippen molar-refractivity contribution in [1.29, 1.82) is 0 Å². The van der Waals surface area contributed by atoms with E-state index >= 15 is 0 Å². The molecule has 3 N–H and O–H groups in total. The Hall–Kier alpha value is -0.860. The van der Waals surface area contributed by atoms with Crippen LogP contribution >= 0.6 is 0 Å². The summed E-state index contributed by atoms with van der Waals surface area (Å²) in [5.41, 5.74) is 11.5. The molecule has 0 spiro atoms. The molecule has 1 rings (SSSR count). The molecule has 2 heteroatoms. The van der Waals surface area contributed by atoms with Gasteiger partial charge in [-0.05, 0) is 62.4 Å². The third-order valence-corrected chi connectivity index (χ3v) is 3.22. The third kappa shape index (κ3) is 2.21. The lowest BCUT2D eigenvalue weighted by Gasteiger charge is -2.22. The van der Waals surface area contributed by atoms with Crippen LogP contribution in [0.2, 0.25) is 0 Å². The number of aliphatic hydroxyl groups excluding tert-OH is 1. The van der Waals surface area contributed by atoms with E-state index in [2.05, 4.69) is 19.9 Å². The number of aryl methyl sites for hydroxylation is 2. The van der Waals surface area contributed by atoms with Gasteiger partial charge in [-0.2, -0.15) is 0 Å². The van der Waals surface area contributed by atoms with Crippen LogP contribution in [0.25, 0.3) is 0 Å². The van der Waals surface area contributed by atoms with Gasteiger partial charge in [-0.15, -0.1) is 0 Å². The molecule has 84 valence electrons. The average Bonchev–Trinajstić information content (AvgIpc) is 2.15. The van der Waals surface area contributed by atoms with Crippen molar-refractivity contribution in [3.05, 3.63) is 33.9 Å². The molecule has 2 atom stereocenters. The van der Waals surface area contributed by atoms with Crippen LogP contribution in [-0.2, 0) is 0 Å². The van der Waals surface area contributed by atoms with Crippen molar-refractivity contribution in [2.45, 2.75) is 46.8 Å². The largest absolute Gasteiger partial charge is 0.387 e. The van der Waals surface area contributed by atoms with Gasteiger partial charge in [0.05, 0.1) is 6.10 Å². The fourth-order valence-electron chi connectivity index (χ4n) is 1.95. The minimum atomic E-state index is -0.566. The Morgan fingerprint density at radius 3 is 1.80 bits per heavy atom. The lowest BCUT2D eigenvalue weighted by atomic mass is 9.89. The maximum absolute atomic E-state index is 10.1. The predicted octanol–water partition coefficient (Wildman–Crippen LogP) is 2.30. The number of benzene rings is 1. The second-order valence-corrected chi connectivity index (χ2v) is 4.48. The lowest BCUT2D eigenvalue weighted by Crippen LogP contribution is -2.26. The van der Waals surface area contributed by atoms with E-state index in [9.17, 15) is 5.11 Å². The lowest BCUT2D eigenvalue weighted by molar-refractivity contribution is 0.152. The Kier molecular flexibility index (Phi) is 3.53. The average molecular weight is 207 g/mol. The van der Waals surface area contributed by atoms with Crippen LogP contribution in [0.3, 0.4) is 0 Å². The van der Waals surface area contributed by atoms with Crippen molar-refractivity contribution in [2.75, 3.05) is 0 Å². The molecular formula is C13H21NO. The molecule has 0 saturated carbocycles. The van der Waals surface area contributed by atoms with Gasteiger partial charge in [0.2, 0.25) is 0 Å². The first-order valence-electron chi connectivity index (χ1n) is 5.37. The molecule has 0 fully saturated rings. The fourth-order valence-corrected chi connectivity index (χ4v) is 1.95. The Labute approximate surface area is 92.1 Å². The molecule has 0 saturated heterocycles. The Balaban J connectivity index is 3.39. The van der Waals surface area contributed by atoms with Gasteiger partial charge >= 0.3 is 0 Å². The molecule has 0 aromatic heterocycles. The van der Waals surface area contributed by atoms with E-state index in [1.807, 2.05) is 20.8 Å². The number of rotatable bonds is 2. The van der Waals surface area contributed by atoms with Crippen LogP contribution in [0.15, 0.2) is 6.07 Å². The van der Waals surface area contributed by atoms with Gasteiger partial charge < -0.3 is 10.8 Å². The van der Waals surface area contributed by atoms with E-state index in [1.165, 1.54) is 11.1 Å². The Morgan fingerprint density at radius 2 is 1.47 bits per heavy atom. The van der Waals surface area contributed by atoms with Crippen LogP contribution < -0.4 is 5.73 Å². The van der Waals surface area contributed by atoms with Gasteiger partial charge in [0.25, 0.3) is 0 Å². The zero-order chi connectivity index (χ0) is 11.7. The Morgan fingerprint density at radius 1 is 1.07 bits per heavy atom. The molecule has 0 amide bonds. The molecule has 0 aliphatic rings. The SMILES string of the molecule is Cc1cc(C)c(C)c([C@H](O)[C@@H](C)N)c1C. The topological polar surface area (TPSA) is 46.2 Å². The molecule has 0 heterocycles. The minimum Gasteiger partial charge on any atom is -0.387 e. The highest BCUT2D eigenvalue weighted by Gasteiger charge is 2.19. The molecule has 0 bridgehead atoms. The molecule has 2 nitrogen and oxygen atoms in total. The van der Waals surface area contributed by atoms with Crippen molar-refractivity contribution in [1.82, 2.24) is 0 Å². The van der Waals surface area contributed by atoms with Crippen LogP contribution in [0.5, 0.6) is 0 Å². The van der Waals surface area contributed by atoms with Crippen molar-refractivity contribution in [3.8, 4) is 0 Å². The predicted molar refractivity (Wildman–Crippen MR) is 64.0 cm³/mol. The summed E-state index contributed by atoms with van der Waals surface area (Å²) in [6.45, 7) is 10.1. The molecule has 0 radical (unpaired) electrons. The first-order chi connectivity index (χ1) is 6.86. The summed E-state index contributed by atoms with van der Waals surface area (Å²) in [6, 6.07) is 1.92. The fraction of sp³-hybridized carbons (Fsp3) is 0.538. The van der Waals surface area contributed by atoms with Gasteiger partial charge in [0, 0.05) is 6.04 Å². The zero-order valence-electron chi connectivity index (χ0n) is 10.3. The number of hydrogen-bond donors (Lipinski definition) is 2. The van der Waals surface area contributed by atoms with Crippen molar-refractivity contribution in [2.24, 2.45) is 5.73 Å². The first-order valence-corrected chi connectivity index (χ1v) is 5.37. The van der Waals surface area contributed by atoms with Crippen LogP contribution in [0, 0.1) is 27.7 Å². The van der Waals surface area contributed by atoms with E-state index in [1.54, 1.807) is 0 Å². The minimum absolute atomic E-state index is 0.233. The van der Waals surface area contributed by atoms with Gasteiger partial charge in [-0.1, -0.05) is 6.07 Å². The summed E-state index contributed by atoms with van der Waals surface area (Å²) in [5.74, 6) is 0. The maximum Gasteiger partial charge on any atom is 0.0943 e. The smallest absolute Gasteiger partial charge is 0.0943 e. The number of aliphatic hydroxyl groups is 1. The molecule has 0 aliphatic heterocycles. The monoisotopic (exact) mass is 207 g/mol. The summed E-state index contributed by atoms with van der Waals surface area (Å²) in [7, 11) is 0. The second-order valence-electron chi connectivity index (χ2n) is 4.48. The normalized spacial score (nSPS) is 15.1. The zero-order valence-corrected chi connectivity index (χ0v) is 10.3. The van der Waals surface area contributed by atoms with E-state index < -0.39 is 6.10 Å². The van der Waals surface area contributed by atoms with E-state index in [0.717, 1.165) is 16.7 Å². The van der Waals surface area contributed by atoms with Gasteiger partial charge in [0.15, 0.2) is 0 Å². The summed E-state index contributed by atoms with van der Waals surface area (Å²) in [4.78, 5) is 0. The molecule has 1 aromatic rings. The third-order valence-electron chi connectivity index (χ3n) is 3.22. The molecule has 0 aliphatic carbocycles. The maximum atomic E-state index is 10.1. The van der Waals surface area contributed by atoms with E-state index in [-0.39, 0.29) is 6.04 Å². The summed E-state index contributed by atoms with van der Waals surface area (Å²) < 4.78 is 0. The van der Waals surface area contributed by atoms with Gasteiger partial charge in [-0.3, -0.25) is 0 Å².